The summed E-state index contributed by atoms with van der Waals surface area (Å²) in [6, 6.07) is -3.25. The Morgan fingerprint density at radius 2 is 1.73 bits per heavy atom. The summed E-state index contributed by atoms with van der Waals surface area (Å²) in [5.74, 6) is -5.08. The average molecular weight is 429 g/mol. The number of nitrogens with zero attached hydrogens (tertiary/aromatic N) is 1. The number of nitrogens with two attached hydrogens (primary N) is 2. The molecular weight excluding hydrogens is 402 g/mol. The second kappa shape index (κ2) is 11.7. The topological polar surface area (TPSA) is 222 Å². The highest BCUT2D eigenvalue weighted by Gasteiger charge is 2.36. The number of likely N-dealkylation sites (tertiary alicyclic amines) is 1. The van der Waals surface area contributed by atoms with Gasteiger partial charge in [-0.1, -0.05) is 0 Å². The molecule has 0 saturated carbocycles. The molecular formula is C17H27N5O8. The number of aliphatic carboxylic acids is 2. The van der Waals surface area contributed by atoms with Crippen LogP contribution in [0.4, 0.5) is 0 Å². The van der Waals surface area contributed by atoms with Crippen LogP contribution in [0, 0.1) is 0 Å². The van der Waals surface area contributed by atoms with Crippen molar-refractivity contribution in [1.29, 1.82) is 0 Å². The van der Waals surface area contributed by atoms with Crippen LogP contribution in [0.2, 0.25) is 0 Å². The van der Waals surface area contributed by atoms with E-state index in [0.717, 1.165) is 0 Å². The molecule has 1 fully saturated rings. The molecule has 1 rings (SSSR count). The van der Waals surface area contributed by atoms with Crippen molar-refractivity contribution in [3.8, 4) is 0 Å². The van der Waals surface area contributed by atoms with E-state index in [-0.39, 0.29) is 32.2 Å². The first-order valence-corrected chi connectivity index (χ1v) is 9.39. The third-order valence-corrected chi connectivity index (χ3v) is 4.56. The number of carboxylic acids is 2. The van der Waals surface area contributed by atoms with Gasteiger partial charge in [-0.2, -0.15) is 0 Å². The maximum absolute atomic E-state index is 12.4. The van der Waals surface area contributed by atoms with Crippen molar-refractivity contribution in [2.24, 2.45) is 11.5 Å². The summed E-state index contributed by atoms with van der Waals surface area (Å²) < 4.78 is 0. The van der Waals surface area contributed by atoms with Crippen LogP contribution in [0.1, 0.15) is 38.5 Å². The summed E-state index contributed by atoms with van der Waals surface area (Å²) in [6.07, 6.45) is 0.118. The molecule has 1 heterocycles. The van der Waals surface area contributed by atoms with Crippen molar-refractivity contribution in [1.82, 2.24) is 15.5 Å². The van der Waals surface area contributed by atoms with Gasteiger partial charge >= 0.3 is 11.9 Å². The van der Waals surface area contributed by atoms with Crippen LogP contribution < -0.4 is 22.1 Å². The second-order valence-electron chi connectivity index (χ2n) is 6.91. The van der Waals surface area contributed by atoms with Crippen molar-refractivity contribution < 1.29 is 39.0 Å². The normalized spacial score (nSPS) is 17.6. The Kier molecular flexibility index (Phi) is 9.68. The van der Waals surface area contributed by atoms with Crippen LogP contribution in [-0.2, 0) is 28.8 Å². The Morgan fingerprint density at radius 3 is 2.30 bits per heavy atom. The zero-order chi connectivity index (χ0) is 22.8. The van der Waals surface area contributed by atoms with Crippen LogP contribution in [0.5, 0.6) is 0 Å². The van der Waals surface area contributed by atoms with Gasteiger partial charge in [-0.05, 0) is 25.7 Å². The first-order chi connectivity index (χ1) is 14.0. The van der Waals surface area contributed by atoms with E-state index in [0.29, 0.717) is 12.8 Å². The number of carbonyl (C=O) groups is 6. The second-order valence-corrected chi connectivity index (χ2v) is 6.91. The number of primary amides is 1. The first kappa shape index (κ1) is 24.8. The fourth-order valence-corrected chi connectivity index (χ4v) is 2.99. The summed E-state index contributed by atoms with van der Waals surface area (Å²) in [5, 5.41) is 22.3. The molecule has 8 N–H and O–H groups in total. The van der Waals surface area contributed by atoms with Gasteiger partial charge in [-0.15, -0.1) is 0 Å². The number of carboxylic acid groups (broad SMARTS) is 2. The highest BCUT2D eigenvalue weighted by Crippen LogP contribution is 2.19. The van der Waals surface area contributed by atoms with E-state index in [9.17, 15) is 28.8 Å². The highest BCUT2D eigenvalue weighted by atomic mass is 16.4. The van der Waals surface area contributed by atoms with Crippen molar-refractivity contribution in [2.45, 2.75) is 56.7 Å². The minimum atomic E-state index is -1.35. The van der Waals surface area contributed by atoms with E-state index < -0.39 is 60.2 Å². The fourth-order valence-electron chi connectivity index (χ4n) is 2.99. The third kappa shape index (κ3) is 8.03. The Bertz CT molecular complexity index is 698. The molecule has 4 amide bonds. The molecule has 3 unspecified atom stereocenters. The Hall–Kier alpha value is -3.22. The fraction of sp³-hybridized carbons (Fsp3) is 0.647. The summed E-state index contributed by atoms with van der Waals surface area (Å²) in [7, 11) is 0. The molecule has 0 aliphatic carbocycles. The van der Waals surface area contributed by atoms with Gasteiger partial charge in [0, 0.05) is 19.4 Å². The van der Waals surface area contributed by atoms with Crippen LogP contribution >= 0.6 is 0 Å². The molecule has 0 radical (unpaired) electrons. The van der Waals surface area contributed by atoms with Gasteiger partial charge in [-0.25, -0.2) is 4.79 Å². The van der Waals surface area contributed by atoms with Gasteiger partial charge in [0.05, 0.1) is 12.6 Å². The van der Waals surface area contributed by atoms with E-state index in [1.807, 2.05) is 0 Å². The zero-order valence-corrected chi connectivity index (χ0v) is 16.3. The average Bonchev–Trinajstić information content (AvgIpc) is 3.16. The molecule has 1 aliphatic heterocycles. The smallest absolute Gasteiger partial charge is 0.326 e. The number of hydrogen-bond donors (Lipinski definition) is 6. The van der Waals surface area contributed by atoms with Gasteiger partial charge in [0.2, 0.25) is 23.6 Å². The maximum atomic E-state index is 12.4. The quantitative estimate of drug-likeness (QED) is 0.187. The molecule has 3 atom stereocenters. The van der Waals surface area contributed by atoms with E-state index in [2.05, 4.69) is 10.6 Å². The molecule has 0 aromatic carbocycles. The number of carbonyl (C=O) groups excluding carboxylic acids is 4. The van der Waals surface area contributed by atoms with Crippen molar-refractivity contribution >= 4 is 35.6 Å². The molecule has 0 spiro atoms. The Morgan fingerprint density at radius 1 is 1.07 bits per heavy atom. The Labute approximate surface area is 172 Å². The molecule has 13 nitrogen and oxygen atoms in total. The van der Waals surface area contributed by atoms with Crippen molar-refractivity contribution in [3.05, 3.63) is 0 Å². The van der Waals surface area contributed by atoms with E-state index >= 15 is 0 Å². The van der Waals surface area contributed by atoms with Gasteiger partial charge in [0.1, 0.15) is 12.1 Å². The lowest BCUT2D eigenvalue weighted by molar-refractivity contribution is -0.143. The minimum Gasteiger partial charge on any atom is -0.481 e. The summed E-state index contributed by atoms with van der Waals surface area (Å²) in [5.41, 5.74) is 10.7. The van der Waals surface area contributed by atoms with Gasteiger partial charge in [0.25, 0.3) is 0 Å². The van der Waals surface area contributed by atoms with Gasteiger partial charge < -0.3 is 37.2 Å². The lowest BCUT2D eigenvalue weighted by Crippen LogP contribution is -2.53. The highest BCUT2D eigenvalue weighted by molar-refractivity contribution is 5.93. The standard InChI is InChI=1S/C17H27N5O8/c18-9(3-6-14(25)26)16(28)22-7-1-2-11(22)15(27)20-8-13(24)21-10(17(29)30)4-5-12(19)23/h9-11H,1-8,18H2,(H2,19,23)(H,20,27)(H,21,24)(H,25,26)(H,29,30). The number of amides is 4. The lowest BCUT2D eigenvalue weighted by Gasteiger charge is -2.26. The minimum absolute atomic E-state index is 0.0662. The number of nitrogens with one attached hydrogen (secondary N) is 2. The zero-order valence-electron chi connectivity index (χ0n) is 16.3. The van der Waals surface area contributed by atoms with E-state index in [1.165, 1.54) is 4.90 Å². The summed E-state index contributed by atoms with van der Waals surface area (Å²) >= 11 is 0. The van der Waals surface area contributed by atoms with Crippen molar-refractivity contribution in [3.63, 3.8) is 0 Å². The molecule has 0 bridgehead atoms. The Balaban J connectivity index is 2.56. The predicted octanol–water partition coefficient (Wildman–Crippen LogP) is -2.88. The van der Waals surface area contributed by atoms with Gasteiger partial charge in [-0.3, -0.25) is 24.0 Å². The molecule has 0 aromatic rings. The lowest BCUT2D eigenvalue weighted by atomic mass is 10.1. The van der Waals surface area contributed by atoms with Crippen molar-refractivity contribution in [2.75, 3.05) is 13.1 Å². The largest absolute Gasteiger partial charge is 0.481 e. The van der Waals surface area contributed by atoms with E-state index in [1.54, 1.807) is 0 Å². The predicted molar refractivity (Wildman–Crippen MR) is 101 cm³/mol. The monoisotopic (exact) mass is 429 g/mol. The molecule has 13 heteroatoms. The van der Waals surface area contributed by atoms with Crippen LogP contribution in [0.25, 0.3) is 0 Å². The van der Waals surface area contributed by atoms with Crippen LogP contribution in [-0.4, -0.2) is 81.9 Å². The molecule has 1 saturated heterocycles. The SMILES string of the molecule is NC(=O)CCC(NC(=O)CNC(=O)C1CCCN1C(=O)C(N)CCC(=O)O)C(=O)O. The summed E-state index contributed by atoms with van der Waals surface area (Å²) in [4.78, 5) is 70.5. The molecule has 1 aliphatic rings. The first-order valence-electron chi connectivity index (χ1n) is 9.39. The third-order valence-electron chi connectivity index (χ3n) is 4.56. The van der Waals surface area contributed by atoms with E-state index in [4.69, 9.17) is 21.7 Å². The maximum Gasteiger partial charge on any atom is 0.326 e. The van der Waals surface area contributed by atoms with Gasteiger partial charge in [0.15, 0.2) is 0 Å². The molecule has 168 valence electrons. The number of rotatable bonds is 12. The van der Waals surface area contributed by atoms with Crippen LogP contribution in [0.3, 0.4) is 0 Å². The molecule has 0 aromatic heterocycles. The number of hydrogen-bond acceptors (Lipinski definition) is 7. The molecule has 30 heavy (non-hydrogen) atoms. The van der Waals surface area contributed by atoms with Crippen LogP contribution in [0.15, 0.2) is 0 Å². The summed E-state index contributed by atoms with van der Waals surface area (Å²) in [6.45, 7) is -0.249.